The van der Waals surface area contributed by atoms with E-state index in [-0.39, 0.29) is 30.5 Å². The molecule has 0 aromatic rings. The summed E-state index contributed by atoms with van der Waals surface area (Å²) in [4.78, 5) is 22.6. The number of aliphatic hydroxyl groups excluding tert-OH is 1. The predicted molar refractivity (Wildman–Crippen MR) is 100 cm³/mol. The predicted octanol–water partition coefficient (Wildman–Crippen LogP) is 4.53. The van der Waals surface area contributed by atoms with Crippen molar-refractivity contribution in [3.8, 4) is 0 Å². The summed E-state index contributed by atoms with van der Waals surface area (Å²) in [5.41, 5.74) is 0. The van der Waals surface area contributed by atoms with Gasteiger partial charge >= 0.3 is 5.97 Å². The number of carboxylic acids is 1. The Bertz CT molecular complexity index is 467. The lowest BCUT2D eigenvalue weighted by atomic mass is 9.89. The van der Waals surface area contributed by atoms with Crippen LogP contribution in [0.25, 0.3) is 0 Å². The number of aliphatic hydroxyl groups is 1. The molecule has 0 aromatic heterocycles. The summed E-state index contributed by atoms with van der Waals surface area (Å²) >= 11 is 0. The van der Waals surface area contributed by atoms with Crippen molar-refractivity contribution in [2.75, 3.05) is 0 Å². The van der Waals surface area contributed by atoms with Gasteiger partial charge < -0.3 is 10.2 Å². The van der Waals surface area contributed by atoms with Crippen LogP contribution in [-0.2, 0) is 9.59 Å². The van der Waals surface area contributed by atoms with Crippen LogP contribution in [0, 0.1) is 17.8 Å². The molecule has 0 aromatic carbocycles. The zero-order valence-electron chi connectivity index (χ0n) is 15.7. The van der Waals surface area contributed by atoms with Gasteiger partial charge in [-0.1, -0.05) is 57.4 Å². The molecule has 142 valence electrons. The number of unbranched alkanes of at least 4 members (excludes halogenated alkanes) is 3. The van der Waals surface area contributed by atoms with Gasteiger partial charge in [0.2, 0.25) is 0 Å². The molecule has 4 nitrogen and oxygen atoms in total. The highest BCUT2D eigenvalue weighted by atomic mass is 16.4. The van der Waals surface area contributed by atoms with Crippen LogP contribution in [0.1, 0.15) is 71.6 Å². The SMILES string of the molecule is CCCCCC(C)/C=C/[C@@H]1C(C/C=C\CCCC(=O)O)C(=O)C[C@@H]1O. The number of hydrogen-bond donors (Lipinski definition) is 2. The second-order valence-electron chi connectivity index (χ2n) is 7.27. The molecule has 0 radical (unpaired) electrons. The lowest BCUT2D eigenvalue weighted by Crippen LogP contribution is -2.18. The van der Waals surface area contributed by atoms with Gasteiger partial charge in [0.05, 0.1) is 6.10 Å². The van der Waals surface area contributed by atoms with Gasteiger partial charge in [-0.05, 0) is 31.6 Å². The lowest BCUT2D eigenvalue weighted by molar-refractivity contribution is -0.137. The molecule has 4 atom stereocenters. The van der Waals surface area contributed by atoms with Gasteiger partial charge in [0.15, 0.2) is 0 Å². The van der Waals surface area contributed by atoms with Gasteiger partial charge in [-0.25, -0.2) is 0 Å². The molecule has 1 saturated carbocycles. The van der Waals surface area contributed by atoms with Gasteiger partial charge in [0.1, 0.15) is 5.78 Å². The number of ketones is 1. The molecule has 1 aliphatic rings. The van der Waals surface area contributed by atoms with E-state index in [9.17, 15) is 14.7 Å². The normalized spacial score (nSPS) is 25.2. The van der Waals surface area contributed by atoms with Crippen LogP contribution in [0.3, 0.4) is 0 Å². The van der Waals surface area contributed by atoms with Crippen LogP contribution in [0.2, 0.25) is 0 Å². The summed E-state index contributed by atoms with van der Waals surface area (Å²) in [5.74, 6) is -0.409. The first-order chi connectivity index (χ1) is 12.0. The molecule has 0 aliphatic heterocycles. The molecule has 2 N–H and O–H groups in total. The summed E-state index contributed by atoms with van der Waals surface area (Å²) in [6, 6.07) is 0. The Hall–Kier alpha value is -1.42. The summed E-state index contributed by atoms with van der Waals surface area (Å²) < 4.78 is 0. The Morgan fingerprint density at radius 2 is 2.04 bits per heavy atom. The number of hydrogen-bond acceptors (Lipinski definition) is 3. The van der Waals surface area contributed by atoms with E-state index in [4.69, 9.17) is 5.11 Å². The average Bonchev–Trinajstić information content (AvgIpc) is 2.82. The van der Waals surface area contributed by atoms with E-state index in [2.05, 4.69) is 26.0 Å². The highest BCUT2D eigenvalue weighted by molar-refractivity contribution is 5.84. The quantitative estimate of drug-likeness (QED) is 0.401. The molecule has 0 heterocycles. The molecule has 0 spiro atoms. The molecule has 0 bridgehead atoms. The minimum Gasteiger partial charge on any atom is -0.481 e. The summed E-state index contributed by atoms with van der Waals surface area (Å²) in [5, 5.41) is 18.8. The Labute approximate surface area is 152 Å². The summed E-state index contributed by atoms with van der Waals surface area (Å²) in [6.45, 7) is 4.38. The number of allylic oxidation sites excluding steroid dienone is 3. The first-order valence-corrected chi connectivity index (χ1v) is 9.71. The Morgan fingerprint density at radius 1 is 1.28 bits per heavy atom. The van der Waals surface area contributed by atoms with Crippen molar-refractivity contribution in [3.63, 3.8) is 0 Å². The zero-order valence-corrected chi connectivity index (χ0v) is 15.7. The minimum atomic E-state index is -0.777. The molecular formula is C21H34O4. The van der Waals surface area contributed by atoms with Crippen LogP contribution in [0.15, 0.2) is 24.3 Å². The molecule has 1 fully saturated rings. The highest BCUT2D eigenvalue weighted by Crippen LogP contribution is 2.33. The number of carbonyl (C=O) groups is 2. The fraction of sp³-hybridized carbons (Fsp3) is 0.714. The standard InChI is InChI=1S/C21H34O4/c1-3-4-7-10-16(2)13-14-18-17(19(22)15-20(18)23)11-8-5-6-9-12-21(24)25/h5,8,13-14,16-18,20,23H,3-4,6-7,9-12,15H2,1-2H3,(H,24,25)/b8-5-,14-13+/t16?,17?,18-,20+/m1/s1. The molecule has 1 rings (SSSR count). The second-order valence-corrected chi connectivity index (χ2v) is 7.27. The molecule has 2 unspecified atom stereocenters. The third-order valence-electron chi connectivity index (χ3n) is 4.98. The fourth-order valence-corrected chi connectivity index (χ4v) is 3.39. The first-order valence-electron chi connectivity index (χ1n) is 9.71. The van der Waals surface area contributed by atoms with Gasteiger partial charge in [0.25, 0.3) is 0 Å². The lowest BCUT2D eigenvalue weighted by Gasteiger charge is -2.17. The van der Waals surface area contributed by atoms with Crippen molar-refractivity contribution in [2.45, 2.75) is 77.7 Å². The van der Waals surface area contributed by atoms with Crippen molar-refractivity contribution in [3.05, 3.63) is 24.3 Å². The topological polar surface area (TPSA) is 74.6 Å². The average molecular weight is 350 g/mol. The smallest absolute Gasteiger partial charge is 0.303 e. The Morgan fingerprint density at radius 3 is 2.72 bits per heavy atom. The van der Waals surface area contributed by atoms with E-state index >= 15 is 0 Å². The fourth-order valence-electron chi connectivity index (χ4n) is 3.39. The van der Waals surface area contributed by atoms with Crippen LogP contribution in [-0.4, -0.2) is 28.1 Å². The number of Topliss-reactive ketones (excluding diaryl/α,β-unsaturated/α-hetero) is 1. The largest absolute Gasteiger partial charge is 0.481 e. The highest BCUT2D eigenvalue weighted by Gasteiger charge is 2.39. The van der Waals surface area contributed by atoms with Crippen molar-refractivity contribution in [2.24, 2.45) is 17.8 Å². The summed E-state index contributed by atoms with van der Waals surface area (Å²) in [7, 11) is 0. The summed E-state index contributed by atoms with van der Waals surface area (Å²) in [6.07, 6.45) is 14.8. The number of carboxylic acid groups (broad SMARTS) is 1. The van der Waals surface area contributed by atoms with Gasteiger partial charge in [-0.3, -0.25) is 9.59 Å². The van der Waals surface area contributed by atoms with Crippen molar-refractivity contribution >= 4 is 11.8 Å². The van der Waals surface area contributed by atoms with Gasteiger partial charge in [-0.15, -0.1) is 0 Å². The number of aliphatic carboxylic acids is 1. The van der Waals surface area contributed by atoms with E-state index < -0.39 is 12.1 Å². The molecule has 0 saturated heterocycles. The van der Waals surface area contributed by atoms with Crippen molar-refractivity contribution < 1.29 is 19.8 Å². The minimum absolute atomic E-state index is 0.0928. The van der Waals surface area contributed by atoms with E-state index in [1.807, 2.05) is 12.2 Å². The monoisotopic (exact) mass is 350 g/mol. The number of carbonyl (C=O) groups excluding carboxylic acids is 1. The van der Waals surface area contributed by atoms with Gasteiger partial charge in [-0.2, -0.15) is 0 Å². The van der Waals surface area contributed by atoms with Gasteiger partial charge in [0, 0.05) is 24.7 Å². The Balaban J connectivity index is 2.48. The molecule has 1 aliphatic carbocycles. The Kier molecular flexibility index (Phi) is 10.4. The molecule has 25 heavy (non-hydrogen) atoms. The zero-order chi connectivity index (χ0) is 18.7. The van der Waals surface area contributed by atoms with Crippen LogP contribution in [0.4, 0.5) is 0 Å². The van der Waals surface area contributed by atoms with Crippen LogP contribution < -0.4 is 0 Å². The van der Waals surface area contributed by atoms with Crippen molar-refractivity contribution in [1.82, 2.24) is 0 Å². The molecule has 4 heteroatoms. The molecular weight excluding hydrogens is 316 g/mol. The van der Waals surface area contributed by atoms with Crippen LogP contribution in [0.5, 0.6) is 0 Å². The maximum absolute atomic E-state index is 12.2. The first kappa shape index (κ1) is 21.6. The second kappa shape index (κ2) is 12.0. The third kappa shape index (κ3) is 8.48. The van der Waals surface area contributed by atoms with E-state index in [0.29, 0.717) is 25.2 Å². The third-order valence-corrected chi connectivity index (χ3v) is 4.98. The number of rotatable bonds is 12. The van der Waals surface area contributed by atoms with Crippen molar-refractivity contribution in [1.29, 1.82) is 0 Å². The van der Waals surface area contributed by atoms with E-state index in [1.165, 1.54) is 19.3 Å². The maximum atomic E-state index is 12.2. The van der Waals surface area contributed by atoms with Crippen LogP contribution >= 0.6 is 0 Å². The van der Waals surface area contributed by atoms with E-state index in [1.54, 1.807) is 0 Å². The van der Waals surface area contributed by atoms with E-state index in [0.717, 1.165) is 6.42 Å². The molecule has 0 amide bonds. The maximum Gasteiger partial charge on any atom is 0.303 e.